The lowest BCUT2D eigenvalue weighted by molar-refractivity contribution is -0.147. The predicted molar refractivity (Wildman–Crippen MR) is 81.4 cm³/mol. The molecule has 1 fully saturated rings. The van der Waals surface area contributed by atoms with Crippen molar-refractivity contribution >= 4 is 11.9 Å². The van der Waals surface area contributed by atoms with Crippen LogP contribution in [0.2, 0.25) is 0 Å². The van der Waals surface area contributed by atoms with Gasteiger partial charge in [-0.05, 0) is 30.4 Å². The lowest BCUT2D eigenvalue weighted by Crippen LogP contribution is -2.35. The monoisotopic (exact) mass is 289 g/mol. The molecule has 1 heterocycles. The molecule has 1 saturated heterocycles. The Kier molecular flexibility index (Phi) is 3.83. The van der Waals surface area contributed by atoms with Crippen LogP contribution in [0, 0.1) is 5.41 Å². The first-order valence-corrected chi connectivity index (χ1v) is 7.27. The largest absolute Gasteiger partial charge is 0.481 e. The van der Waals surface area contributed by atoms with Crippen LogP contribution < -0.4 is 0 Å². The number of carboxylic acid groups (broad SMARTS) is 1. The van der Waals surface area contributed by atoms with Crippen molar-refractivity contribution in [2.24, 2.45) is 5.41 Å². The molecular weight excluding hydrogens is 266 g/mol. The highest BCUT2D eigenvalue weighted by molar-refractivity contribution is 5.96. The van der Waals surface area contributed by atoms with E-state index in [9.17, 15) is 14.7 Å². The molecule has 1 aliphatic rings. The van der Waals surface area contributed by atoms with Crippen molar-refractivity contribution < 1.29 is 14.7 Å². The van der Waals surface area contributed by atoms with Crippen molar-refractivity contribution in [3.05, 3.63) is 35.4 Å². The van der Waals surface area contributed by atoms with Gasteiger partial charge in [-0.1, -0.05) is 39.0 Å². The second-order valence-electron chi connectivity index (χ2n) is 7.14. The number of aliphatic carboxylic acids is 1. The molecular formula is C17H23NO3. The summed E-state index contributed by atoms with van der Waals surface area (Å²) in [4.78, 5) is 25.7. The highest BCUT2D eigenvalue weighted by Gasteiger charge is 2.42. The van der Waals surface area contributed by atoms with Crippen LogP contribution >= 0.6 is 0 Å². The number of carboxylic acids is 1. The van der Waals surface area contributed by atoms with E-state index >= 15 is 0 Å². The molecule has 0 spiro atoms. The van der Waals surface area contributed by atoms with Gasteiger partial charge in [0.2, 0.25) is 0 Å². The molecule has 0 bridgehead atoms. The van der Waals surface area contributed by atoms with Crippen molar-refractivity contribution in [2.75, 3.05) is 13.1 Å². The van der Waals surface area contributed by atoms with E-state index in [0.717, 1.165) is 5.56 Å². The molecule has 0 aliphatic carbocycles. The first kappa shape index (κ1) is 15.5. The first-order chi connectivity index (χ1) is 9.65. The van der Waals surface area contributed by atoms with Crippen LogP contribution in [-0.4, -0.2) is 35.0 Å². The van der Waals surface area contributed by atoms with Crippen LogP contribution in [0.5, 0.6) is 0 Å². The maximum absolute atomic E-state index is 12.8. The van der Waals surface area contributed by atoms with E-state index in [1.807, 2.05) is 24.3 Å². The maximum Gasteiger partial charge on any atom is 0.311 e. The van der Waals surface area contributed by atoms with Crippen molar-refractivity contribution in [1.82, 2.24) is 4.90 Å². The summed E-state index contributed by atoms with van der Waals surface area (Å²) in [5.41, 5.74) is 0.729. The van der Waals surface area contributed by atoms with Gasteiger partial charge >= 0.3 is 5.97 Å². The van der Waals surface area contributed by atoms with Crippen LogP contribution in [0.3, 0.4) is 0 Å². The molecule has 1 amide bonds. The summed E-state index contributed by atoms with van der Waals surface area (Å²) >= 11 is 0. The number of carbonyl (C=O) groups excluding carboxylic acids is 1. The molecule has 1 aliphatic heterocycles. The SMILES string of the molecule is CC(C)(C)c1ccccc1C(=O)N1CC[C@](C)(C(=O)O)C1. The highest BCUT2D eigenvalue weighted by Crippen LogP contribution is 2.33. The van der Waals surface area contributed by atoms with Crippen molar-refractivity contribution in [3.8, 4) is 0 Å². The second kappa shape index (κ2) is 5.17. The fourth-order valence-corrected chi connectivity index (χ4v) is 2.80. The van der Waals surface area contributed by atoms with Gasteiger partial charge in [-0.2, -0.15) is 0 Å². The van der Waals surface area contributed by atoms with Gasteiger partial charge in [0, 0.05) is 18.7 Å². The number of rotatable bonds is 2. The number of amides is 1. The molecule has 4 nitrogen and oxygen atoms in total. The van der Waals surface area contributed by atoms with Crippen LogP contribution in [0.25, 0.3) is 0 Å². The quantitative estimate of drug-likeness (QED) is 0.910. The minimum atomic E-state index is -0.832. The van der Waals surface area contributed by atoms with Gasteiger partial charge in [-0.15, -0.1) is 0 Å². The van der Waals surface area contributed by atoms with E-state index in [1.54, 1.807) is 11.8 Å². The fraction of sp³-hybridized carbons (Fsp3) is 0.529. The van der Waals surface area contributed by atoms with E-state index < -0.39 is 11.4 Å². The predicted octanol–water partition coefficient (Wildman–Crippen LogP) is 2.92. The Bertz CT molecular complexity index is 574. The minimum absolute atomic E-state index is 0.0644. The summed E-state index contributed by atoms with van der Waals surface area (Å²) in [5.74, 6) is -0.896. The Labute approximate surface area is 125 Å². The Morgan fingerprint density at radius 3 is 2.38 bits per heavy atom. The maximum atomic E-state index is 12.8. The zero-order valence-corrected chi connectivity index (χ0v) is 13.1. The van der Waals surface area contributed by atoms with Crippen LogP contribution in [0.4, 0.5) is 0 Å². The van der Waals surface area contributed by atoms with E-state index in [1.165, 1.54) is 0 Å². The summed E-state index contributed by atoms with van der Waals surface area (Å²) in [6, 6.07) is 7.59. The van der Waals surface area contributed by atoms with Crippen LogP contribution in [0.1, 0.15) is 50.0 Å². The molecule has 1 atom stereocenters. The van der Waals surface area contributed by atoms with E-state index in [4.69, 9.17) is 0 Å². The molecule has 0 aromatic heterocycles. The number of benzene rings is 1. The molecule has 1 aromatic carbocycles. The zero-order chi connectivity index (χ0) is 15.8. The van der Waals surface area contributed by atoms with E-state index in [0.29, 0.717) is 18.5 Å². The van der Waals surface area contributed by atoms with E-state index in [-0.39, 0.29) is 17.9 Å². The second-order valence-corrected chi connectivity index (χ2v) is 7.14. The van der Waals surface area contributed by atoms with Gasteiger partial charge in [-0.25, -0.2) is 0 Å². The van der Waals surface area contributed by atoms with E-state index in [2.05, 4.69) is 20.8 Å². The topological polar surface area (TPSA) is 57.6 Å². The molecule has 1 aromatic rings. The Morgan fingerprint density at radius 1 is 1.24 bits per heavy atom. The number of hydrogen-bond donors (Lipinski definition) is 1. The smallest absolute Gasteiger partial charge is 0.311 e. The molecule has 0 radical (unpaired) electrons. The number of likely N-dealkylation sites (tertiary alicyclic amines) is 1. The average Bonchev–Trinajstić information content (AvgIpc) is 2.81. The molecule has 0 unspecified atom stereocenters. The Hall–Kier alpha value is -1.84. The van der Waals surface area contributed by atoms with Crippen molar-refractivity contribution in [3.63, 3.8) is 0 Å². The Balaban J connectivity index is 2.29. The normalized spacial score (nSPS) is 22.4. The zero-order valence-electron chi connectivity index (χ0n) is 13.1. The summed E-state index contributed by atoms with van der Waals surface area (Å²) < 4.78 is 0. The Morgan fingerprint density at radius 2 is 1.86 bits per heavy atom. The lowest BCUT2D eigenvalue weighted by atomic mass is 9.83. The summed E-state index contributed by atoms with van der Waals surface area (Å²) in [7, 11) is 0. The van der Waals surface area contributed by atoms with Gasteiger partial charge < -0.3 is 10.0 Å². The molecule has 2 rings (SSSR count). The molecule has 21 heavy (non-hydrogen) atoms. The fourth-order valence-electron chi connectivity index (χ4n) is 2.80. The minimum Gasteiger partial charge on any atom is -0.481 e. The molecule has 1 N–H and O–H groups in total. The average molecular weight is 289 g/mol. The van der Waals surface area contributed by atoms with Crippen molar-refractivity contribution in [2.45, 2.75) is 39.5 Å². The van der Waals surface area contributed by atoms with Gasteiger partial charge in [-0.3, -0.25) is 9.59 Å². The third kappa shape index (κ3) is 2.94. The van der Waals surface area contributed by atoms with Crippen molar-refractivity contribution in [1.29, 1.82) is 0 Å². The van der Waals surface area contributed by atoms with Gasteiger partial charge in [0.25, 0.3) is 5.91 Å². The third-order valence-electron chi connectivity index (χ3n) is 4.24. The summed E-state index contributed by atoms with van der Waals surface area (Å²) in [6.07, 6.45) is 0.506. The number of nitrogens with zero attached hydrogens (tertiary/aromatic N) is 1. The molecule has 4 heteroatoms. The van der Waals surface area contributed by atoms with Crippen LogP contribution in [-0.2, 0) is 10.2 Å². The summed E-state index contributed by atoms with van der Waals surface area (Å²) in [5, 5.41) is 9.29. The standard InChI is InChI=1S/C17H23NO3/c1-16(2,3)13-8-6-5-7-12(13)14(19)18-10-9-17(4,11-18)15(20)21/h5-8H,9-11H2,1-4H3,(H,20,21)/t17-/m0/s1. The third-order valence-corrected chi connectivity index (χ3v) is 4.24. The number of carbonyl (C=O) groups is 2. The molecule has 0 saturated carbocycles. The van der Waals surface area contributed by atoms with Gasteiger partial charge in [0.05, 0.1) is 5.41 Å². The highest BCUT2D eigenvalue weighted by atomic mass is 16.4. The summed E-state index contributed by atoms with van der Waals surface area (Å²) in [6.45, 7) is 8.71. The van der Waals surface area contributed by atoms with Gasteiger partial charge in [0.1, 0.15) is 0 Å². The van der Waals surface area contributed by atoms with Gasteiger partial charge in [0.15, 0.2) is 0 Å². The lowest BCUT2D eigenvalue weighted by Gasteiger charge is -2.25. The van der Waals surface area contributed by atoms with Crippen LogP contribution in [0.15, 0.2) is 24.3 Å². The first-order valence-electron chi connectivity index (χ1n) is 7.27. The number of hydrogen-bond acceptors (Lipinski definition) is 2. The molecule has 114 valence electrons.